The maximum absolute atomic E-state index is 5.98. The first kappa shape index (κ1) is 22.0. The van der Waals surface area contributed by atoms with Gasteiger partial charge in [-0.25, -0.2) is 0 Å². The molecule has 3 heterocycles. The van der Waals surface area contributed by atoms with E-state index in [1.165, 1.54) is 49.2 Å². The molecule has 2 aromatic rings. The van der Waals surface area contributed by atoms with Gasteiger partial charge in [0.25, 0.3) is 0 Å². The average molecular weight is 409 g/mol. The van der Waals surface area contributed by atoms with Crippen LogP contribution in [0.1, 0.15) is 29.5 Å². The van der Waals surface area contributed by atoms with Crippen LogP contribution < -0.4 is 10.1 Å². The first-order chi connectivity index (χ1) is 12.3. The summed E-state index contributed by atoms with van der Waals surface area (Å²) in [5.41, 5.74) is 3.80. The number of rotatable bonds is 6. The lowest BCUT2D eigenvalue weighted by Gasteiger charge is -2.45. The second-order valence-electron chi connectivity index (χ2n) is 7.55. The number of hydrogen-bond acceptors (Lipinski definition) is 3. The molecule has 0 aliphatic carbocycles. The van der Waals surface area contributed by atoms with Crippen molar-refractivity contribution in [3.8, 4) is 5.75 Å². The summed E-state index contributed by atoms with van der Waals surface area (Å²) in [6, 6.07) is 17.7. The molecule has 2 aromatic carbocycles. The maximum atomic E-state index is 5.98. The van der Waals surface area contributed by atoms with Crippen LogP contribution in [-0.2, 0) is 13.2 Å². The van der Waals surface area contributed by atoms with Crippen molar-refractivity contribution in [2.45, 2.75) is 39.0 Å². The molecule has 1 atom stereocenters. The van der Waals surface area contributed by atoms with Gasteiger partial charge in [-0.15, -0.1) is 24.8 Å². The molecule has 148 valence electrons. The van der Waals surface area contributed by atoms with Crippen LogP contribution in [0.3, 0.4) is 0 Å². The molecule has 2 bridgehead atoms. The number of piperidine rings is 3. The Bertz CT molecular complexity index is 700. The molecule has 5 heteroatoms. The zero-order valence-electron chi connectivity index (χ0n) is 15.9. The lowest BCUT2D eigenvalue weighted by atomic mass is 9.84. The molecule has 3 fully saturated rings. The Morgan fingerprint density at radius 3 is 2.41 bits per heavy atom. The Labute approximate surface area is 175 Å². The van der Waals surface area contributed by atoms with Gasteiger partial charge in [0, 0.05) is 19.1 Å². The zero-order valence-corrected chi connectivity index (χ0v) is 17.5. The third-order valence-electron chi connectivity index (χ3n) is 5.65. The van der Waals surface area contributed by atoms with E-state index in [1.54, 1.807) is 0 Å². The second kappa shape index (κ2) is 10.3. The quantitative estimate of drug-likeness (QED) is 0.755. The standard InChI is InChI=1S/C22H28N2O.2ClH/c1-17-5-7-18(8-6-17)16-25-21-4-2-3-19(13-21)14-23-22-15-24-11-9-20(22)10-12-24;;/h2-8,13,20,22-23H,9-12,14-16H2,1H3;2*1H. The summed E-state index contributed by atoms with van der Waals surface area (Å²) in [6.45, 7) is 7.47. The van der Waals surface area contributed by atoms with E-state index >= 15 is 0 Å². The molecule has 3 saturated heterocycles. The van der Waals surface area contributed by atoms with Gasteiger partial charge >= 0.3 is 0 Å². The Balaban J connectivity index is 0.00000131. The monoisotopic (exact) mass is 408 g/mol. The van der Waals surface area contributed by atoms with Gasteiger partial charge in [0.1, 0.15) is 12.4 Å². The van der Waals surface area contributed by atoms with E-state index < -0.39 is 0 Å². The molecule has 27 heavy (non-hydrogen) atoms. The van der Waals surface area contributed by atoms with Crippen molar-refractivity contribution < 1.29 is 4.74 Å². The van der Waals surface area contributed by atoms with Crippen molar-refractivity contribution in [1.29, 1.82) is 0 Å². The van der Waals surface area contributed by atoms with Gasteiger partial charge < -0.3 is 15.0 Å². The minimum absolute atomic E-state index is 0. The van der Waals surface area contributed by atoms with Gasteiger partial charge in [0.15, 0.2) is 0 Å². The normalized spacial score (nSPS) is 23.2. The third-order valence-corrected chi connectivity index (χ3v) is 5.65. The number of ether oxygens (including phenoxy) is 1. The number of hydrogen-bond donors (Lipinski definition) is 1. The van der Waals surface area contributed by atoms with Gasteiger partial charge in [-0.2, -0.15) is 0 Å². The first-order valence-corrected chi connectivity index (χ1v) is 9.49. The Morgan fingerprint density at radius 1 is 1.00 bits per heavy atom. The zero-order chi connectivity index (χ0) is 17.1. The Morgan fingerprint density at radius 2 is 1.74 bits per heavy atom. The minimum Gasteiger partial charge on any atom is -0.489 e. The predicted octanol–water partition coefficient (Wildman–Crippen LogP) is 4.60. The summed E-state index contributed by atoms with van der Waals surface area (Å²) in [5.74, 6) is 1.82. The molecule has 3 aliphatic rings. The Kier molecular flexibility index (Phi) is 8.43. The molecule has 1 N–H and O–H groups in total. The van der Waals surface area contributed by atoms with Gasteiger partial charge in [-0.1, -0.05) is 42.0 Å². The fourth-order valence-electron chi connectivity index (χ4n) is 4.04. The van der Waals surface area contributed by atoms with Crippen molar-refractivity contribution in [1.82, 2.24) is 10.2 Å². The van der Waals surface area contributed by atoms with Crippen LogP contribution in [0.4, 0.5) is 0 Å². The van der Waals surface area contributed by atoms with E-state index in [0.717, 1.165) is 18.2 Å². The molecule has 3 aliphatic heterocycles. The highest BCUT2D eigenvalue weighted by atomic mass is 35.5. The van der Waals surface area contributed by atoms with Crippen molar-refractivity contribution in [2.24, 2.45) is 5.92 Å². The van der Waals surface area contributed by atoms with Gasteiger partial charge in [0.2, 0.25) is 0 Å². The number of aryl methyl sites for hydroxylation is 1. The number of benzene rings is 2. The van der Waals surface area contributed by atoms with Crippen molar-refractivity contribution in [2.75, 3.05) is 19.6 Å². The molecule has 5 rings (SSSR count). The van der Waals surface area contributed by atoms with E-state index in [-0.39, 0.29) is 24.8 Å². The number of halogens is 2. The second-order valence-corrected chi connectivity index (χ2v) is 7.55. The smallest absolute Gasteiger partial charge is 0.120 e. The molecule has 0 radical (unpaired) electrons. The predicted molar refractivity (Wildman–Crippen MR) is 116 cm³/mol. The SMILES string of the molecule is Cc1ccc(COc2cccc(CNC3CN4CCC3CC4)c2)cc1.Cl.Cl. The van der Waals surface area contributed by atoms with Crippen LogP contribution in [0.15, 0.2) is 48.5 Å². The highest BCUT2D eigenvalue weighted by Gasteiger charge is 2.33. The van der Waals surface area contributed by atoms with Crippen LogP contribution in [0, 0.1) is 12.8 Å². The fraction of sp³-hybridized carbons (Fsp3) is 0.455. The molecule has 0 amide bonds. The van der Waals surface area contributed by atoms with E-state index in [4.69, 9.17) is 4.74 Å². The van der Waals surface area contributed by atoms with Crippen molar-refractivity contribution in [3.05, 3.63) is 65.2 Å². The molecule has 0 spiro atoms. The number of nitrogens with one attached hydrogen (secondary N) is 1. The highest BCUT2D eigenvalue weighted by Crippen LogP contribution is 2.27. The number of fused-ring (bicyclic) bond motifs is 3. The minimum atomic E-state index is 0. The van der Waals surface area contributed by atoms with Crippen LogP contribution >= 0.6 is 24.8 Å². The topological polar surface area (TPSA) is 24.5 Å². The van der Waals surface area contributed by atoms with Gasteiger partial charge in [0.05, 0.1) is 0 Å². The summed E-state index contributed by atoms with van der Waals surface area (Å²) in [5, 5.41) is 3.78. The van der Waals surface area contributed by atoms with Crippen LogP contribution in [0.5, 0.6) is 5.75 Å². The lowest BCUT2D eigenvalue weighted by molar-refractivity contribution is 0.0720. The van der Waals surface area contributed by atoms with Crippen molar-refractivity contribution >= 4 is 24.8 Å². The molecular formula is C22H30Cl2N2O. The van der Waals surface area contributed by atoms with Crippen LogP contribution in [0.2, 0.25) is 0 Å². The van der Waals surface area contributed by atoms with E-state index in [9.17, 15) is 0 Å². The summed E-state index contributed by atoms with van der Waals surface area (Å²) >= 11 is 0. The Hall–Kier alpha value is -1.26. The lowest BCUT2D eigenvalue weighted by Crippen LogP contribution is -2.55. The fourth-order valence-corrected chi connectivity index (χ4v) is 4.04. The summed E-state index contributed by atoms with van der Waals surface area (Å²) in [6.07, 6.45) is 2.72. The molecule has 1 unspecified atom stereocenters. The third kappa shape index (κ3) is 5.86. The summed E-state index contributed by atoms with van der Waals surface area (Å²) in [7, 11) is 0. The number of nitrogens with zero attached hydrogens (tertiary/aromatic N) is 1. The average Bonchev–Trinajstić information content (AvgIpc) is 2.67. The van der Waals surface area contributed by atoms with Crippen molar-refractivity contribution in [3.63, 3.8) is 0 Å². The van der Waals surface area contributed by atoms with E-state index in [2.05, 4.69) is 59.6 Å². The first-order valence-electron chi connectivity index (χ1n) is 9.49. The molecule has 0 aromatic heterocycles. The molecular weight excluding hydrogens is 379 g/mol. The largest absolute Gasteiger partial charge is 0.489 e. The molecule has 0 saturated carbocycles. The maximum Gasteiger partial charge on any atom is 0.120 e. The molecule has 3 nitrogen and oxygen atoms in total. The summed E-state index contributed by atoms with van der Waals surface area (Å²) < 4.78 is 5.98. The van der Waals surface area contributed by atoms with Crippen LogP contribution in [-0.4, -0.2) is 30.6 Å². The van der Waals surface area contributed by atoms with Gasteiger partial charge in [-0.3, -0.25) is 0 Å². The van der Waals surface area contributed by atoms with Crippen LogP contribution in [0.25, 0.3) is 0 Å². The highest BCUT2D eigenvalue weighted by molar-refractivity contribution is 5.85. The van der Waals surface area contributed by atoms with E-state index in [0.29, 0.717) is 12.6 Å². The van der Waals surface area contributed by atoms with E-state index in [1.807, 2.05) is 6.07 Å². The van der Waals surface area contributed by atoms with Gasteiger partial charge in [-0.05, 0) is 62.0 Å². The summed E-state index contributed by atoms with van der Waals surface area (Å²) in [4.78, 5) is 2.60.